The Hall–Kier alpha value is -0.650. The molecule has 0 saturated carbocycles. The first-order chi connectivity index (χ1) is 8.19. The van der Waals surface area contributed by atoms with Gasteiger partial charge in [-0.25, -0.2) is 0 Å². The van der Waals surface area contributed by atoms with Crippen LogP contribution in [0, 0.1) is 0 Å². The first-order valence-electron chi connectivity index (χ1n) is 6.28. The van der Waals surface area contributed by atoms with E-state index < -0.39 is 0 Å². The molecule has 98 valence electrons. The third-order valence-electron chi connectivity index (χ3n) is 3.78. The molecule has 2 fully saturated rings. The molecule has 0 aromatic carbocycles. The van der Waals surface area contributed by atoms with Crippen molar-refractivity contribution in [3.05, 3.63) is 0 Å². The maximum absolute atomic E-state index is 11.8. The van der Waals surface area contributed by atoms with Crippen LogP contribution in [0.5, 0.6) is 0 Å². The molecule has 2 heterocycles. The van der Waals surface area contributed by atoms with Gasteiger partial charge in [-0.2, -0.15) is 0 Å². The number of nitrogens with zero attached hydrogens (tertiary/aromatic N) is 1. The summed E-state index contributed by atoms with van der Waals surface area (Å²) in [4.78, 5) is 13.7. The summed E-state index contributed by atoms with van der Waals surface area (Å²) in [6, 6.07) is 0. The van der Waals surface area contributed by atoms with Gasteiger partial charge >= 0.3 is 0 Å². The predicted molar refractivity (Wildman–Crippen MR) is 63.8 cm³/mol. The standard InChI is InChI=1S/C12H22N2O3/c1-13-8-11(15)14-5-4-12(9-14)7-10(16-2)3-6-17-12/h10,13H,3-9H2,1-2H3/t10-,12+/m0/s1. The smallest absolute Gasteiger partial charge is 0.236 e. The number of amides is 1. The maximum atomic E-state index is 11.8. The van der Waals surface area contributed by atoms with Crippen LogP contribution in [0.1, 0.15) is 19.3 Å². The van der Waals surface area contributed by atoms with Gasteiger partial charge in [0.05, 0.1) is 18.2 Å². The second kappa shape index (κ2) is 5.33. The number of ether oxygens (including phenoxy) is 2. The van der Waals surface area contributed by atoms with E-state index in [2.05, 4.69) is 5.32 Å². The number of hydrogen-bond donors (Lipinski definition) is 1. The molecule has 17 heavy (non-hydrogen) atoms. The maximum Gasteiger partial charge on any atom is 0.236 e. The highest BCUT2D eigenvalue weighted by molar-refractivity contribution is 5.78. The number of rotatable bonds is 3. The SMILES string of the molecule is CNCC(=O)N1CC[C@@]2(C[C@@H](OC)CCO2)C1. The van der Waals surface area contributed by atoms with Crippen LogP contribution in [0.2, 0.25) is 0 Å². The van der Waals surface area contributed by atoms with Gasteiger partial charge in [0, 0.05) is 33.2 Å². The zero-order valence-electron chi connectivity index (χ0n) is 10.7. The Morgan fingerprint density at radius 3 is 3.18 bits per heavy atom. The van der Waals surface area contributed by atoms with Crippen molar-refractivity contribution in [3.63, 3.8) is 0 Å². The van der Waals surface area contributed by atoms with E-state index in [1.807, 2.05) is 4.90 Å². The van der Waals surface area contributed by atoms with Gasteiger partial charge in [0.25, 0.3) is 0 Å². The topological polar surface area (TPSA) is 50.8 Å². The number of likely N-dealkylation sites (N-methyl/N-ethyl adjacent to an activating group) is 1. The van der Waals surface area contributed by atoms with Crippen LogP contribution >= 0.6 is 0 Å². The molecule has 2 rings (SSSR count). The average Bonchev–Trinajstić information content (AvgIpc) is 2.73. The Labute approximate surface area is 102 Å². The Morgan fingerprint density at radius 1 is 1.65 bits per heavy atom. The van der Waals surface area contributed by atoms with E-state index in [4.69, 9.17) is 9.47 Å². The fourth-order valence-electron chi connectivity index (χ4n) is 2.79. The summed E-state index contributed by atoms with van der Waals surface area (Å²) in [5, 5.41) is 2.90. The number of carbonyl (C=O) groups is 1. The van der Waals surface area contributed by atoms with E-state index >= 15 is 0 Å². The lowest BCUT2D eigenvalue weighted by Gasteiger charge is -2.37. The highest BCUT2D eigenvalue weighted by Crippen LogP contribution is 2.35. The van der Waals surface area contributed by atoms with Crippen molar-refractivity contribution >= 4 is 5.91 Å². The van der Waals surface area contributed by atoms with E-state index in [9.17, 15) is 4.79 Å². The molecule has 2 saturated heterocycles. The minimum atomic E-state index is -0.150. The summed E-state index contributed by atoms with van der Waals surface area (Å²) < 4.78 is 11.3. The number of likely N-dealkylation sites (tertiary alicyclic amines) is 1. The first kappa shape index (κ1) is 12.8. The summed E-state index contributed by atoms with van der Waals surface area (Å²) in [6.45, 7) is 2.67. The second-order valence-corrected chi connectivity index (χ2v) is 4.98. The molecular formula is C12H22N2O3. The molecule has 0 radical (unpaired) electrons. The summed E-state index contributed by atoms with van der Waals surface area (Å²) in [5.74, 6) is 0.160. The molecule has 0 bridgehead atoms. The third-order valence-corrected chi connectivity index (χ3v) is 3.78. The van der Waals surface area contributed by atoms with Gasteiger partial charge in [-0.1, -0.05) is 0 Å². The lowest BCUT2D eigenvalue weighted by molar-refractivity contribution is -0.136. The Kier molecular flexibility index (Phi) is 4.01. The van der Waals surface area contributed by atoms with Gasteiger partial charge < -0.3 is 19.7 Å². The van der Waals surface area contributed by atoms with Crippen LogP contribution in [0.4, 0.5) is 0 Å². The van der Waals surface area contributed by atoms with E-state index in [0.717, 1.165) is 32.4 Å². The summed E-state index contributed by atoms with van der Waals surface area (Å²) in [6.07, 6.45) is 3.08. The van der Waals surface area contributed by atoms with E-state index in [1.165, 1.54) is 0 Å². The van der Waals surface area contributed by atoms with Crippen molar-refractivity contribution in [3.8, 4) is 0 Å². The normalized spacial score (nSPS) is 33.3. The number of nitrogens with one attached hydrogen (secondary N) is 1. The first-order valence-corrected chi connectivity index (χ1v) is 6.28. The Morgan fingerprint density at radius 2 is 2.47 bits per heavy atom. The van der Waals surface area contributed by atoms with Gasteiger partial charge in [0.1, 0.15) is 0 Å². The Balaban J connectivity index is 1.93. The molecule has 1 amide bonds. The molecule has 0 aromatic heterocycles. The number of hydrogen-bond acceptors (Lipinski definition) is 4. The highest BCUT2D eigenvalue weighted by Gasteiger charge is 2.44. The summed E-state index contributed by atoms with van der Waals surface area (Å²) >= 11 is 0. The van der Waals surface area contributed by atoms with Gasteiger partial charge in [-0.05, 0) is 19.9 Å². The zero-order chi connectivity index (χ0) is 12.3. The molecule has 2 aliphatic rings. The highest BCUT2D eigenvalue weighted by atomic mass is 16.5. The monoisotopic (exact) mass is 242 g/mol. The van der Waals surface area contributed by atoms with Crippen LogP contribution in [0.15, 0.2) is 0 Å². The summed E-state index contributed by atoms with van der Waals surface area (Å²) in [5.41, 5.74) is -0.150. The van der Waals surface area contributed by atoms with Gasteiger partial charge in [0.2, 0.25) is 5.91 Å². The second-order valence-electron chi connectivity index (χ2n) is 4.98. The molecule has 0 aliphatic carbocycles. The largest absolute Gasteiger partial charge is 0.381 e. The molecule has 0 unspecified atom stereocenters. The third kappa shape index (κ3) is 2.78. The fraction of sp³-hybridized carbons (Fsp3) is 0.917. The molecule has 2 aliphatic heterocycles. The van der Waals surface area contributed by atoms with E-state index in [-0.39, 0.29) is 17.6 Å². The van der Waals surface area contributed by atoms with Gasteiger partial charge in [-0.15, -0.1) is 0 Å². The van der Waals surface area contributed by atoms with Crippen LogP contribution in [0.25, 0.3) is 0 Å². The van der Waals surface area contributed by atoms with Crippen LogP contribution in [-0.4, -0.2) is 62.9 Å². The van der Waals surface area contributed by atoms with Crippen molar-refractivity contribution in [2.75, 3.05) is 40.4 Å². The molecule has 1 N–H and O–H groups in total. The van der Waals surface area contributed by atoms with Crippen molar-refractivity contribution < 1.29 is 14.3 Å². The van der Waals surface area contributed by atoms with Crippen LogP contribution in [0.3, 0.4) is 0 Å². The van der Waals surface area contributed by atoms with Gasteiger partial charge in [-0.3, -0.25) is 4.79 Å². The van der Waals surface area contributed by atoms with Crippen LogP contribution in [-0.2, 0) is 14.3 Å². The minimum Gasteiger partial charge on any atom is -0.381 e. The minimum absolute atomic E-state index is 0.150. The molecule has 1 spiro atoms. The molecule has 5 nitrogen and oxygen atoms in total. The molecular weight excluding hydrogens is 220 g/mol. The number of methoxy groups -OCH3 is 1. The zero-order valence-corrected chi connectivity index (χ0v) is 10.7. The Bertz CT molecular complexity index is 285. The predicted octanol–water partition coefficient (Wildman–Crippen LogP) is 0.00230. The summed E-state index contributed by atoms with van der Waals surface area (Å²) in [7, 11) is 3.55. The van der Waals surface area contributed by atoms with E-state index in [0.29, 0.717) is 13.1 Å². The molecule has 5 heteroatoms. The molecule has 0 aromatic rings. The van der Waals surface area contributed by atoms with Crippen molar-refractivity contribution in [2.45, 2.75) is 31.0 Å². The van der Waals surface area contributed by atoms with Crippen LogP contribution < -0.4 is 5.32 Å². The number of carbonyl (C=O) groups excluding carboxylic acids is 1. The van der Waals surface area contributed by atoms with Crippen molar-refractivity contribution in [1.82, 2.24) is 10.2 Å². The fourth-order valence-corrected chi connectivity index (χ4v) is 2.79. The van der Waals surface area contributed by atoms with Gasteiger partial charge in [0.15, 0.2) is 0 Å². The quantitative estimate of drug-likeness (QED) is 0.757. The van der Waals surface area contributed by atoms with E-state index in [1.54, 1.807) is 14.2 Å². The van der Waals surface area contributed by atoms with Crippen molar-refractivity contribution in [1.29, 1.82) is 0 Å². The lowest BCUT2D eigenvalue weighted by atomic mass is 9.91. The molecule has 2 atom stereocenters. The average molecular weight is 242 g/mol. The van der Waals surface area contributed by atoms with Crippen molar-refractivity contribution in [2.24, 2.45) is 0 Å². The lowest BCUT2D eigenvalue weighted by Crippen LogP contribution is -2.46.